The van der Waals surface area contributed by atoms with Gasteiger partial charge in [-0.2, -0.15) is 0 Å². The number of para-hydroxylation sites is 2. The van der Waals surface area contributed by atoms with Gasteiger partial charge >= 0.3 is 6.09 Å². The first-order valence-electron chi connectivity index (χ1n) is 10.3. The van der Waals surface area contributed by atoms with E-state index in [2.05, 4.69) is 10.6 Å². The summed E-state index contributed by atoms with van der Waals surface area (Å²) in [6.45, 7) is 0. The molecular formula is C26H18F2N4O2. The van der Waals surface area contributed by atoms with Crippen LogP contribution in [0.25, 0.3) is 21.8 Å². The smallest absolute Gasteiger partial charge is 0.410 e. The van der Waals surface area contributed by atoms with Gasteiger partial charge in [-0.05, 0) is 30.3 Å². The molecule has 1 heterocycles. The SMILES string of the molecule is Nc1cc(Nc2c3ccccc3nc3ccccc23)cc(OC(=O)Nc2cc(F)cc(F)c2)c1. The van der Waals surface area contributed by atoms with Crippen molar-refractivity contribution in [1.82, 2.24) is 4.98 Å². The fraction of sp³-hybridized carbons (Fsp3) is 0. The molecule has 6 nitrogen and oxygen atoms in total. The van der Waals surface area contributed by atoms with Gasteiger partial charge in [0.05, 0.1) is 16.7 Å². The van der Waals surface area contributed by atoms with Gasteiger partial charge in [0.2, 0.25) is 0 Å². The molecule has 0 atom stereocenters. The van der Waals surface area contributed by atoms with Crippen LogP contribution in [-0.2, 0) is 0 Å². The van der Waals surface area contributed by atoms with E-state index >= 15 is 0 Å². The molecule has 0 aliphatic heterocycles. The summed E-state index contributed by atoms with van der Waals surface area (Å²) in [5.41, 5.74) is 9.39. The van der Waals surface area contributed by atoms with Crippen LogP contribution in [0.1, 0.15) is 0 Å². The first-order valence-corrected chi connectivity index (χ1v) is 10.3. The number of benzene rings is 4. The number of anilines is 4. The number of aromatic nitrogens is 1. The number of hydrogen-bond donors (Lipinski definition) is 3. The van der Waals surface area contributed by atoms with Crippen molar-refractivity contribution < 1.29 is 18.3 Å². The fourth-order valence-electron chi connectivity index (χ4n) is 3.75. The van der Waals surface area contributed by atoms with Crippen molar-refractivity contribution in [3.05, 3.63) is 96.6 Å². The summed E-state index contributed by atoms with van der Waals surface area (Å²) in [5.74, 6) is -1.48. The minimum absolute atomic E-state index is 0.0699. The van der Waals surface area contributed by atoms with E-state index in [1.807, 2.05) is 48.5 Å². The predicted molar refractivity (Wildman–Crippen MR) is 129 cm³/mol. The van der Waals surface area contributed by atoms with E-state index in [0.29, 0.717) is 17.4 Å². The van der Waals surface area contributed by atoms with Gasteiger partial charge in [0.1, 0.15) is 17.4 Å². The number of hydrogen-bond acceptors (Lipinski definition) is 5. The summed E-state index contributed by atoms with van der Waals surface area (Å²) in [6, 6.07) is 22.9. The minimum atomic E-state index is -0.915. The quantitative estimate of drug-likeness (QED) is 0.209. The average molecular weight is 456 g/mol. The number of ether oxygens (including phenoxy) is 1. The van der Waals surface area contributed by atoms with E-state index in [1.54, 1.807) is 12.1 Å². The molecule has 0 saturated heterocycles. The summed E-state index contributed by atoms with van der Waals surface area (Å²) in [5, 5.41) is 7.50. The Hall–Kier alpha value is -4.72. The second-order valence-electron chi connectivity index (χ2n) is 7.61. The Balaban J connectivity index is 1.45. The monoisotopic (exact) mass is 456 g/mol. The van der Waals surface area contributed by atoms with Crippen molar-refractivity contribution in [3.63, 3.8) is 0 Å². The maximum Gasteiger partial charge on any atom is 0.417 e. The van der Waals surface area contributed by atoms with Crippen LogP contribution in [0, 0.1) is 11.6 Å². The third-order valence-electron chi connectivity index (χ3n) is 5.11. The van der Waals surface area contributed by atoms with Crippen LogP contribution in [0.5, 0.6) is 5.75 Å². The van der Waals surface area contributed by atoms with E-state index in [9.17, 15) is 13.6 Å². The predicted octanol–water partition coefficient (Wildman–Crippen LogP) is 6.60. The number of nitrogens with one attached hydrogen (secondary N) is 2. The number of nitrogens with zero attached hydrogens (tertiary/aromatic N) is 1. The maximum atomic E-state index is 13.4. The summed E-state index contributed by atoms with van der Waals surface area (Å²) < 4.78 is 32.1. The molecule has 5 rings (SSSR count). The second kappa shape index (κ2) is 8.67. The maximum absolute atomic E-state index is 13.4. The van der Waals surface area contributed by atoms with E-state index in [4.69, 9.17) is 15.5 Å². The molecule has 4 N–H and O–H groups in total. The molecule has 0 aliphatic rings. The summed E-state index contributed by atoms with van der Waals surface area (Å²) in [4.78, 5) is 17.0. The normalized spacial score (nSPS) is 10.9. The lowest BCUT2D eigenvalue weighted by atomic mass is 10.1. The molecule has 0 saturated carbocycles. The van der Waals surface area contributed by atoms with Crippen molar-refractivity contribution in [3.8, 4) is 5.75 Å². The highest BCUT2D eigenvalue weighted by Crippen LogP contribution is 2.34. The lowest BCUT2D eigenvalue weighted by molar-refractivity contribution is 0.215. The van der Waals surface area contributed by atoms with Gasteiger partial charge in [-0.3, -0.25) is 5.32 Å². The highest BCUT2D eigenvalue weighted by Gasteiger charge is 2.12. The van der Waals surface area contributed by atoms with Gasteiger partial charge in [0.15, 0.2) is 0 Å². The zero-order valence-corrected chi connectivity index (χ0v) is 17.7. The van der Waals surface area contributed by atoms with Crippen LogP contribution in [0.15, 0.2) is 84.9 Å². The zero-order chi connectivity index (χ0) is 23.7. The average Bonchev–Trinajstić information content (AvgIpc) is 2.77. The second-order valence-corrected chi connectivity index (χ2v) is 7.61. The van der Waals surface area contributed by atoms with Gasteiger partial charge in [-0.1, -0.05) is 36.4 Å². The molecule has 1 amide bonds. The molecule has 4 aromatic carbocycles. The number of pyridine rings is 1. The first-order chi connectivity index (χ1) is 16.4. The Bertz CT molecular complexity index is 1480. The Morgan fingerprint density at radius 1 is 0.794 bits per heavy atom. The van der Waals surface area contributed by atoms with E-state index in [0.717, 1.165) is 39.6 Å². The van der Waals surface area contributed by atoms with Crippen LogP contribution in [0.3, 0.4) is 0 Å². The third-order valence-corrected chi connectivity index (χ3v) is 5.11. The van der Waals surface area contributed by atoms with Crippen LogP contribution >= 0.6 is 0 Å². The zero-order valence-electron chi connectivity index (χ0n) is 17.7. The van der Waals surface area contributed by atoms with E-state index < -0.39 is 17.7 Å². The highest BCUT2D eigenvalue weighted by molar-refractivity contribution is 6.08. The first kappa shape index (κ1) is 21.1. The lowest BCUT2D eigenvalue weighted by Gasteiger charge is -2.15. The number of amides is 1. The summed E-state index contributed by atoms with van der Waals surface area (Å²) >= 11 is 0. The largest absolute Gasteiger partial charge is 0.417 e. The fourth-order valence-corrected chi connectivity index (χ4v) is 3.75. The molecule has 0 unspecified atom stereocenters. The Morgan fingerprint density at radius 3 is 2.06 bits per heavy atom. The van der Waals surface area contributed by atoms with Gasteiger partial charge in [0.25, 0.3) is 0 Å². The molecule has 34 heavy (non-hydrogen) atoms. The van der Waals surface area contributed by atoms with E-state index in [1.165, 1.54) is 6.07 Å². The topological polar surface area (TPSA) is 89.3 Å². The van der Waals surface area contributed by atoms with Gasteiger partial charge in [-0.25, -0.2) is 18.6 Å². The van der Waals surface area contributed by atoms with Crippen LogP contribution in [0.4, 0.5) is 36.3 Å². The molecule has 0 aliphatic carbocycles. The number of fused-ring (bicyclic) bond motifs is 2. The Morgan fingerprint density at radius 2 is 1.41 bits per heavy atom. The lowest BCUT2D eigenvalue weighted by Crippen LogP contribution is -2.17. The summed E-state index contributed by atoms with van der Waals surface area (Å²) in [6.07, 6.45) is -0.915. The minimum Gasteiger partial charge on any atom is -0.410 e. The molecule has 168 valence electrons. The number of rotatable bonds is 4. The van der Waals surface area contributed by atoms with Crippen LogP contribution < -0.4 is 21.1 Å². The number of carbonyl (C=O) groups is 1. The Labute approximate surface area is 193 Å². The van der Waals surface area contributed by atoms with Gasteiger partial charge in [-0.15, -0.1) is 0 Å². The molecule has 8 heteroatoms. The highest BCUT2D eigenvalue weighted by atomic mass is 19.1. The van der Waals surface area contributed by atoms with Crippen molar-refractivity contribution in [2.24, 2.45) is 0 Å². The Kier molecular flexibility index (Phi) is 5.39. The number of nitrogens with two attached hydrogens (primary N) is 1. The molecule has 0 radical (unpaired) electrons. The third kappa shape index (κ3) is 4.42. The standard InChI is InChI=1S/C26H18F2N4O2/c27-15-9-16(28)11-18(10-15)31-26(33)34-20-13-17(29)12-19(14-20)30-25-21-5-1-3-7-23(21)32-24-8-4-2-6-22(24)25/h1-14H,29H2,(H,30,32)(H,31,33). The number of nitrogen functional groups attached to an aromatic ring is 1. The molecule has 5 aromatic rings. The van der Waals surface area contributed by atoms with Crippen molar-refractivity contribution in [2.45, 2.75) is 0 Å². The summed E-state index contributed by atoms with van der Waals surface area (Å²) in [7, 11) is 0. The molecular weight excluding hydrogens is 438 g/mol. The number of halogens is 2. The van der Waals surface area contributed by atoms with Crippen LogP contribution in [-0.4, -0.2) is 11.1 Å². The van der Waals surface area contributed by atoms with Gasteiger partial charge < -0.3 is 15.8 Å². The van der Waals surface area contributed by atoms with Crippen LogP contribution in [0.2, 0.25) is 0 Å². The molecule has 0 spiro atoms. The molecule has 0 bridgehead atoms. The van der Waals surface area contributed by atoms with Crippen molar-refractivity contribution in [1.29, 1.82) is 0 Å². The molecule has 0 fully saturated rings. The molecule has 1 aromatic heterocycles. The van der Waals surface area contributed by atoms with Gasteiger partial charge in [0, 0.05) is 46.0 Å². The van der Waals surface area contributed by atoms with E-state index in [-0.39, 0.29) is 11.4 Å². The van der Waals surface area contributed by atoms with Crippen molar-refractivity contribution >= 4 is 50.6 Å². The van der Waals surface area contributed by atoms with Crippen molar-refractivity contribution in [2.75, 3.05) is 16.4 Å². The number of carbonyl (C=O) groups excluding carboxylic acids is 1.